The van der Waals surface area contributed by atoms with Gasteiger partial charge in [-0.1, -0.05) is 6.07 Å². The minimum absolute atomic E-state index is 0.0160. The van der Waals surface area contributed by atoms with Crippen LogP contribution in [0.5, 0.6) is 0 Å². The van der Waals surface area contributed by atoms with Crippen molar-refractivity contribution in [2.24, 2.45) is 0 Å². The van der Waals surface area contributed by atoms with Gasteiger partial charge in [-0.2, -0.15) is 0 Å². The van der Waals surface area contributed by atoms with E-state index in [1.807, 2.05) is 0 Å². The van der Waals surface area contributed by atoms with Crippen molar-refractivity contribution in [3.05, 3.63) is 35.5 Å². The Bertz CT molecular complexity index is 701. The Hall–Kier alpha value is -2.81. The van der Waals surface area contributed by atoms with Gasteiger partial charge in [0.15, 0.2) is 0 Å². The molecule has 9 heteroatoms. The van der Waals surface area contributed by atoms with E-state index < -0.39 is 30.3 Å². The van der Waals surface area contributed by atoms with Crippen LogP contribution < -0.4 is 5.32 Å². The molecule has 22 heavy (non-hydrogen) atoms. The molecule has 1 atom stereocenters. The first-order valence-corrected chi connectivity index (χ1v) is 6.97. The maximum Gasteiger partial charge on any atom is 0.326 e. The van der Waals surface area contributed by atoms with Crippen LogP contribution in [0, 0.1) is 0 Å². The summed E-state index contributed by atoms with van der Waals surface area (Å²) in [6.45, 7) is 0. The summed E-state index contributed by atoms with van der Waals surface area (Å²) in [5, 5.41) is 21.6. The van der Waals surface area contributed by atoms with Crippen LogP contribution in [0.1, 0.15) is 16.9 Å². The minimum Gasteiger partial charge on any atom is -0.481 e. The number of carboxylic acids is 2. The Morgan fingerprint density at radius 2 is 2.05 bits per heavy atom. The van der Waals surface area contributed by atoms with Gasteiger partial charge in [-0.25, -0.2) is 9.78 Å². The molecule has 0 aliphatic rings. The number of carbonyl (C=O) groups excluding carboxylic acids is 1. The lowest BCUT2D eigenvalue weighted by Crippen LogP contribution is -2.42. The molecule has 114 valence electrons. The van der Waals surface area contributed by atoms with E-state index in [2.05, 4.69) is 15.3 Å². The van der Waals surface area contributed by atoms with Crippen LogP contribution in [0.4, 0.5) is 0 Å². The molecule has 0 radical (unpaired) electrons. The highest BCUT2D eigenvalue weighted by Gasteiger charge is 2.24. The van der Waals surface area contributed by atoms with Crippen LogP contribution in [0.25, 0.3) is 10.7 Å². The second kappa shape index (κ2) is 6.76. The molecule has 0 spiro atoms. The fourth-order valence-electron chi connectivity index (χ4n) is 1.59. The van der Waals surface area contributed by atoms with Crippen LogP contribution in [0.3, 0.4) is 0 Å². The van der Waals surface area contributed by atoms with E-state index in [0.29, 0.717) is 10.7 Å². The van der Waals surface area contributed by atoms with E-state index in [9.17, 15) is 14.4 Å². The first kappa shape index (κ1) is 15.6. The van der Waals surface area contributed by atoms with Gasteiger partial charge < -0.3 is 15.5 Å². The molecule has 0 bridgehead atoms. The predicted octanol–water partition coefficient (Wildman–Crippen LogP) is 0.863. The van der Waals surface area contributed by atoms with Gasteiger partial charge in [-0.15, -0.1) is 11.3 Å². The van der Waals surface area contributed by atoms with Crippen LogP contribution in [0.15, 0.2) is 29.8 Å². The normalized spacial score (nSPS) is 11.6. The number of hydrogen-bond donors (Lipinski definition) is 3. The van der Waals surface area contributed by atoms with Crippen molar-refractivity contribution in [2.75, 3.05) is 0 Å². The van der Waals surface area contributed by atoms with Gasteiger partial charge in [0, 0.05) is 11.6 Å². The van der Waals surface area contributed by atoms with Gasteiger partial charge in [0.2, 0.25) is 0 Å². The molecule has 8 nitrogen and oxygen atoms in total. The maximum atomic E-state index is 11.9. The third kappa shape index (κ3) is 3.85. The number of aliphatic carboxylic acids is 2. The summed E-state index contributed by atoms with van der Waals surface area (Å²) in [4.78, 5) is 41.6. The Morgan fingerprint density at radius 3 is 2.64 bits per heavy atom. The quantitative estimate of drug-likeness (QED) is 0.719. The highest BCUT2D eigenvalue weighted by Crippen LogP contribution is 2.21. The van der Waals surface area contributed by atoms with E-state index >= 15 is 0 Å². The van der Waals surface area contributed by atoms with E-state index in [1.165, 1.54) is 16.7 Å². The fraction of sp³-hybridized carbons (Fsp3) is 0.154. The van der Waals surface area contributed by atoms with E-state index in [-0.39, 0.29) is 5.69 Å². The molecule has 0 fully saturated rings. The zero-order chi connectivity index (χ0) is 16.1. The summed E-state index contributed by atoms with van der Waals surface area (Å²) in [6, 6.07) is 3.74. The summed E-state index contributed by atoms with van der Waals surface area (Å²) in [7, 11) is 0. The summed E-state index contributed by atoms with van der Waals surface area (Å²) in [6.07, 6.45) is 0.877. The molecule has 0 saturated heterocycles. The molecule has 0 aliphatic heterocycles. The average molecular weight is 321 g/mol. The van der Waals surface area contributed by atoms with Crippen molar-refractivity contribution in [3.63, 3.8) is 0 Å². The van der Waals surface area contributed by atoms with Crippen LogP contribution in [0.2, 0.25) is 0 Å². The van der Waals surface area contributed by atoms with Crippen LogP contribution >= 0.6 is 11.3 Å². The average Bonchev–Trinajstić information content (AvgIpc) is 2.96. The smallest absolute Gasteiger partial charge is 0.326 e. The predicted molar refractivity (Wildman–Crippen MR) is 76.5 cm³/mol. The third-order valence-corrected chi connectivity index (χ3v) is 3.47. The van der Waals surface area contributed by atoms with Gasteiger partial charge in [-0.05, 0) is 12.1 Å². The van der Waals surface area contributed by atoms with Crippen molar-refractivity contribution in [1.29, 1.82) is 0 Å². The lowest BCUT2D eigenvalue weighted by Gasteiger charge is -2.10. The molecular weight excluding hydrogens is 310 g/mol. The number of nitrogens with one attached hydrogen (secondary N) is 1. The van der Waals surface area contributed by atoms with E-state index in [4.69, 9.17) is 10.2 Å². The summed E-state index contributed by atoms with van der Waals surface area (Å²) < 4.78 is 0. The molecule has 0 aromatic carbocycles. The molecule has 0 aliphatic carbocycles. The number of hydrogen-bond acceptors (Lipinski definition) is 6. The van der Waals surface area contributed by atoms with Crippen LogP contribution in [-0.2, 0) is 9.59 Å². The van der Waals surface area contributed by atoms with Gasteiger partial charge in [-0.3, -0.25) is 14.6 Å². The van der Waals surface area contributed by atoms with Gasteiger partial charge >= 0.3 is 11.9 Å². The van der Waals surface area contributed by atoms with Crippen molar-refractivity contribution in [2.45, 2.75) is 12.5 Å². The number of nitrogens with zero attached hydrogens (tertiary/aromatic N) is 2. The Kier molecular flexibility index (Phi) is 4.79. The monoisotopic (exact) mass is 321 g/mol. The van der Waals surface area contributed by atoms with Crippen molar-refractivity contribution in [1.82, 2.24) is 15.3 Å². The number of pyridine rings is 1. The van der Waals surface area contributed by atoms with E-state index in [0.717, 1.165) is 0 Å². The maximum absolute atomic E-state index is 11.9. The Balaban J connectivity index is 2.11. The van der Waals surface area contributed by atoms with Crippen molar-refractivity contribution < 1.29 is 24.6 Å². The molecule has 2 rings (SSSR count). The number of thiazole rings is 1. The number of aromatic nitrogens is 2. The SMILES string of the molecule is O=C(O)CC(NC(=O)c1csc(-c2ccccn2)n1)C(=O)O. The summed E-state index contributed by atoms with van der Waals surface area (Å²) in [5.74, 6) is -3.48. The number of amides is 1. The van der Waals surface area contributed by atoms with Gasteiger partial charge in [0.05, 0.1) is 12.1 Å². The molecule has 3 N–H and O–H groups in total. The molecule has 2 aromatic heterocycles. The van der Waals surface area contributed by atoms with Gasteiger partial charge in [0.25, 0.3) is 5.91 Å². The zero-order valence-electron chi connectivity index (χ0n) is 11.1. The topological polar surface area (TPSA) is 129 Å². The number of carboxylic acid groups (broad SMARTS) is 2. The number of carbonyl (C=O) groups is 3. The van der Waals surface area contributed by atoms with E-state index in [1.54, 1.807) is 24.4 Å². The fourth-order valence-corrected chi connectivity index (χ4v) is 2.37. The lowest BCUT2D eigenvalue weighted by atomic mass is 10.2. The molecule has 0 saturated carbocycles. The second-order valence-electron chi connectivity index (χ2n) is 4.22. The number of rotatable bonds is 6. The molecule has 1 amide bonds. The summed E-state index contributed by atoms with van der Waals surface area (Å²) in [5.41, 5.74) is 0.606. The highest BCUT2D eigenvalue weighted by atomic mass is 32.1. The Morgan fingerprint density at radius 1 is 1.27 bits per heavy atom. The highest BCUT2D eigenvalue weighted by molar-refractivity contribution is 7.13. The third-order valence-electron chi connectivity index (χ3n) is 2.60. The van der Waals surface area contributed by atoms with Crippen molar-refractivity contribution in [3.8, 4) is 10.7 Å². The minimum atomic E-state index is -1.51. The van der Waals surface area contributed by atoms with Crippen LogP contribution in [-0.4, -0.2) is 44.1 Å². The standard InChI is InChI=1S/C13H11N3O5S/c17-10(18)5-8(13(20)21)15-11(19)9-6-22-12(16-9)7-3-1-2-4-14-7/h1-4,6,8H,5H2,(H,15,19)(H,17,18)(H,20,21). The van der Waals surface area contributed by atoms with Gasteiger partial charge in [0.1, 0.15) is 16.7 Å². The lowest BCUT2D eigenvalue weighted by molar-refractivity contribution is -0.145. The summed E-state index contributed by atoms with van der Waals surface area (Å²) >= 11 is 1.18. The molecular formula is C13H11N3O5S. The molecule has 1 unspecified atom stereocenters. The zero-order valence-corrected chi connectivity index (χ0v) is 11.9. The molecule has 2 aromatic rings. The van der Waals surface area contributed by atoms with Crippen molar-refractivity contribution >= 4 is 29.2 Å². The first-order chi connectivity index (χ1) is 10.5. The second-order valence-corrected chi connectivity index (χ2v) is 5.07. The Labute approximate surface area is 128 Å². The molecule has 2 heterocycles. The largest absolute Gasteiger partial charge is 0.481 e. The first-order valence-electron chi connectivity index (χ1n) is 6.09.